The Bertz CT molecular complexity index is 515. The van der Waals surface area contributed by atoms with Gasteiger partial charge in [-0.1, -0.05) is 37.7 Å². The molecule has 0 atom stereocenters. The van der Waals surface area contributed by atoms with Gasteiger partial charge in [-0.2, -0.15) is 0 Å². The van der Waals surface area contributed by atoms with Gasteiger partial charge in [-0.25, -0.2) is 0 Å². The standard InChI is InChI=1S/C18H30N4O2/c1-2-7-16-20-21-18(24-16)22-12-10-14(11-13-22)17(23)19-15-8-5-3-4-6-9-15/h14-15H,2-13H2,1H3,(H,19,23). The van der Waals surface area contributed by atoms with Gasteiger partial charge in [0.05, 0.1) is 0 Å². The maximum atomic E-state index is 12.5. The summed E-state index contributed by atoms with van der Waals surface area (Å²) in [5, 5.41) is 11.5. The fourth-order valence-electron chi connectivity index (χ4n) is 3.76. The Morgan fingerprint density at radius 2 is 1.83 bits per heavy atom. The normalized spacial score (nSPS) is 20.8. The van der Waals surface area contributed by atoms with E-state index in [1.807, 2.05) is 0 Å². The highest BCUT2D eigenvalue weighted by Gasteiger charge is 2.28. The van der Waals surface area contributed by atoms with Gasteiger partial charge in [-0.05, 0) is 32.1 Å². The van der Waals surface area contributed by atoms with Gasteiger partial charge in [0.1, 0.15) is 0 Å². The highest BCUT2D eigenvalue weighted by molar-refractivity contribution is 5.79. The van der Waals surface area contributed by atoms with Crippen molar-refractivity contribution >= 4 is 11.9 Å². The molecule has 6 heteroatoms. The number of anilines is 1. The van der Waals surface area contributed by atoms with Gasteiger partial charge >= 0.3 is 6.01 Å². The van der Waals surface area contributed by atoms with Crippen LogP contribution in [0.15, 0.2) is 4.42 Å². The van der Waals surface area contributed by atoms with E-state index in [0.29, 0.717) is 17.9 Å². The molecule has 1 aromatic rings. The molecular weight excluding hydrogens is 304 g/mol. The van der Waals surface area contributed by atoms with Crippen molar-refractivity contribution in [3.8, 4) is 0 Å². The SMILES string of the molecule is CCCc1nnc(N2CCC(C(=O)NC3CCCCCC3)CC2)o1. The van der Waals surface area contributed by atoms with Crippen molar-refractivity contribution in [1.29, 1.82) is 0 Å². The number of aromatic nitrogens is 2. The van der Waals surface area contributed by atoms with Gasteiger partial charge in [-0.3, -0.25) is 4.79 Å². The van der Waals surface area contributed by atoms with Crippen molar-refractivity contribution < 1.29 is 9.21 Å². The molecule has 1 aliphatic heterocycles. The molecule has 0 aromatic carbocycles. The zero-order valence-electron chi connectivity index (χ0n) is 14.8. The van der Waals surface area contributed by atoms with E-state index in [1.54, 1.807) is 0 Å². The van der Waals surface area contributed by atoms with Crippen molar-refractivity contribution in [3.05, 3.63) is 5.89 Å². The lowest BCUT2D eigenvalue weighted by Crippen LogP contribution is -2.44. The second-order valence-corrected chi connectivity index (χ2v) is 7.19. The summed E-state index contributed by atoms with van der Waals surface area (Å²) < 4.78 is 5.70. The first kappa shape index (κ1) is 17.2. The predicted octanol–water partition coefficient (Wildman–Crippen LogP) is 3.08. The van der Waals surface area contributed by atoms with E-state index in [9.17, 15) is 4.79 Å². The molecule has 2 aliphatic rings. The van der Waals surface area contributed by atoms with Crippen molar-refractivity contribution in [2.24, 2.45) is 5.92 Å². The van der Waals surface area contributed by atoms with Crippen LogP contribution in [0.5, 0.6) is 0 Å². The van der Waals surface area contributed by atoms with Crippen LogP contribution < -0.4 is 10.2 Å². The summed E-state index contributed by atoms with van der Waals surface area (Å²) >= 11 is 0. The summed E-state index contributed by atoms with van der Waals surface area (Å²) in [6.07, 6.45) is 11.0. The fraction of sp³-hybridized carbons (Fsp3) is 0.833. The van der Waals surface area contributed by atoms with E-state index in [1.165, 1.54) is 25.7 Å². The van der Waals surface area contributed by atoms with E-state index in [-0.39, 0.29) is 11.8 Å². The van der Waals surface area contributed by atoms with Gasteiger partial charge in [0.15, 0.2) is 0 Å². The number of carbonyl (C=O) groups excluding carboxylic acids is 1. The Morgan fingerprint density at radius 3 is 2.50 bits per heavy atom. The molecule has 1 amide bonds. The number of amides is 1. The first-order valence-electron chi connectivity index (χ1n) is 9.64. The zero-order chi connectivity index (χ0) is 16.8. The molecule has 24 heavy (non-hydrogen) atoms. The highest BCUT2D eigenvalue weighted by Crippen LogP contribution is 2.24. The summed E-state index contributed by atoms with van der Waals surface area (Å²) in [5.74, 6) is 1.09. The van der Waals surface area contributed by atoms with Crippen LogP contribution in [0.4, 0.5) is 6.01 Å². The van der Waals surface area contributed by atoms with E-state index in [0.717, 1.165) is 51.6 Å². The van der Waals surface area contributed by atoms with Crippen LogP contribution in [0, 0.1) is 5.92 Å². The lowest BCUT2D eigenvalue weighted by molar-refractivity contribution is -0.126. The zero-order valence-corrected chi connectivity index (χ0v) is 14.8. The molecule has 2 fully saturated rings. The van der Waals surface area contributed by atoms with Gasteiger partial charge in [0.25, 0.3) is 0 Å². The number of nitrogens with zero attached hydrogens (tertiary/aromatic N) is 3. The van der Waals surface area contributed by atoms with E-state index in [4.69, 9.17) is 4.42 Å². The van der Waals surface area contributed by atoms with Crippen LogP contribution in [0.1, 0.15) is 70.6 Å². The summed E-state index contributed by atoms with van der Waals surface area (Å²) in [6, 6.07) is 1.01. The molecule has 134 valence electrons. The molecule has 1 N–H and O–H groups in total. The maximum Gasteiger partial charge on any atom is 0.318 e. The molecule has 1 saturated carbocycles. The molecule has 0 bridgehead atoms. The molecule has 6 nitrogen and oxygen atoms in total. The van der Waals surface area contributed by atoms with Crippen LogP contribution in [0.3, 0.4) is 0 Å². The largest absolute Gasteiger partial charge is 0.408 e. The minimum atomic E-state index is 0.127. The van der Waals surface area contributed by atoms with Gasteiger partial charge in [0, 0.05) is 31.5 Å². The van der Waals surface area contributed by atoms with E-state index >= 15 is 0 Å². The second-order valence-electron chi connectivity index (χ2n) is 7.19. The third kappa shape index (κ3) is 4.48. The first-order valence-corrected chi connectivity index (χ1v) is 9.64. The third-order valence-electron chi connectivity index (χ3n) is 5.26. The van der Waals surface area contributed by atoms with Gasteiger partial charge in [-0.15, -0.1) is 5.10 Å². The fourth-order valence-corrected chi connectivity index (χ4v) is 3.76. The first-order chi connectivity index (χ1) is 11.8. The molecule has 0 spiro atoms. The lowest BCUT2D eigenvalue weighted by Gasteiger charge is -2.30. The van der Waals surface area contributed by atoms with Crippen molar-refractivity contribution in [2.45, 2.75) is 77.2 Å². The summed E-state index contributed by atoms with van der Waals surface area (Å²) in [6.45, 7) is 3.73. The van der Waals surface area contributed by atoms with Crippen molar-refractivity contribution in [3.63, 3.8) is 0 Å². The summed E-state index contributed by atoms with van der Waals surface area (Å²) in [4.78, 5) is 14.6. The molecule has 1 aromatic heterocycles. The molecule has 0 unspecified atom stereocenters. The monoisotopic (exact) mass is 334 g/mol. The van der Waals surface area contributed by atoms with Crippen LogP contribution in [-0.2, 0) is 11.2 Å². The second kappa shape index (κ2) is 8.49. The third-order valence-corrected chi connectivity index (χ3v) is 5.26. The summed E-state index contributed by atoms with van der Waals surface area (Å²) in [5.41, 5.74) is 0. The summed E-state index contributed by atoms with van der Waals surface area (Å²) in [7, 11) is 0. The maximum absolute atomic E-state index is 12.5. The quantitative estimate of drug-likeness (QED) is 0.838. The molecule has 0 radical (unpaired) electrons. The lowest BCUT2D eigenvalue weighted by atomic mass is 9.95. The molecule has 3 rings (SSSR count). The number of rotatable bonds is 5. The topological polar surface area (TPSA) is 71.3 Å². The highest BCUT2D eigenvalue weighted by atomic mass is 16.4. The smallest absolute Gasteiger partial charge is 0.318 e. The van der Waals surface area contributed by atoms with Crippen LogP contribution in [0.25, 0.3) is 0 Å². The van der Waals surface area contributed by atoms with Crippen LogP contribution >= 0.6 is 0 Å². The average Bonchev–Trinajstić information content (AvgIpc) is 2.91. The molecular formula is C18H30N4O2. The Labute approximate surface area is 144 Å². The Hall–Kier alpha value is -1.59. The Morgan fingerprint density at radius 1 is 1.12 bits per heavy atom. The van der Waals surface area contributed by atoms with Crippen LogP contribution in [0.2, 0.25) is 0 Å². The minimum Gasteiger partial charge on any atom is -0.408 e. The van der Waals surface area contributed by atoms with E-state index in [2.05, 4.69) is 27.3 Å². The van der Waals surface area contributed by atoms with E-state index < -0.39 is 0 Å². The van der Waals surface area contributed by atoms with Gasteiger partial charge < -0.3 is 14.6 Å². The average molecular weight is 334 g/mol. The number of nitrogens with one attached hydrogen (secondary N) is 1. The number of piperidine rings is 1. The number of aryl methyl sites for hydroxylation is 1. The molecule has 1 aliphatic carbocycles. The van der Waals surface area contributed by atoms with Gasteiger partial charge in [0.2, 0.25) is 11.8 Å². The molecule has 1 saturated heterocycles. The van der Waals surface area contributed by atoms with Crippen LogP contribution in [-0.4, -0.2) is 35.2 Å². The Kier molecular flexibility index (Phi) is 6.10. The number of carbonyl (C=O) groups is 1. The number of hydrogen-bond acceptors (Lipinski definition) is 5. The Balaban J connectivity index is 1.46. The predicted molar refractivity (Wildman–Crippen MR) is 92.9 cm³/mol. The minimum absolute atomic E-state index is 0.127. The van der Waals surface area contributed by atoms with Crippen molar-refractivity contribution in [1.82, 2.24) is 15.5 Å². The number of hydrogen-bond donors (Lipinski definition) is 1. The van der Waals surface area contributed by atoms with Crippen molar-refractivity contribution in [2.75, 3.05) is 18.0 Å². The molecule has 2 heterocycles.